The summed E-state index contributed by atoms with van der Waals surface area (Å²) in [6, 6.07) is 9.81. The zero-order chi connectivity index (χ0) is 20.4. The predicted molar refractivity (Wildman–Crippen MR) is 110 cm³/mol. The van der Waals surface area contributed by atoms with Gasteiger partial charge in [-0.15, -0.1) is 0 Å². The number of para-hydroxylation sites is 1. The molecule has 29 heavy (non-hydrogen) atoms. The van der Waals surface area contributed by atoms with Crippen LogP contribution in [-0.4, -0.2) is 41.2 Å². The third-order valence-corrected chi connectivity index (χ3v) is 5.54. The van der Waals surface area contributed by atoms with Crippen LogP contribution in [0.4, 0.5) is 0 Å². The van der Waals surface area contributed by atoms with Crippen molar-refractivity contribution in [3.63, 3.8) is 0 Å². The molecule has 0 saturated carbocycles. The topological polar surface area (TPSA) is 107 Å². The van der Waals surface area contributed by atoms with E-state index in [1.165, 1.54) is 0 Å². The Labute approximate surface area is 168 Å². The normalized spacial score (nSPS) is 19.0. The zero-order valence-electron chi connectivity index (χ0n) is 16.4. The first-order chi connectivity index (χ1) is 14.0. The van der Waals surface area contributed by atoms with Gasteiger partial charge in [0.05, 0.1) is 5.60 Å². The first kappa shape index (κ1) is 19.4. The van der Waals surface area contributed by atoms with Gasteiger partial charge in [-0.3, -0.25) is 4.79 Å². The number of fused-ring (bicyclic) bond motifs is 1. The first-order valence-corrected chi connectivity index (χ1v) is 9.85. The maximum atomic E-state index is 12.5. The molecule has 1 aliphatic rings. The molecule has 1 aromatic carbocycles. The number of carbonyl (C=O) groups excluding carboxylic acids is 1. The fourth-order valence-corrected chi connectivity index (χ4v) is 3.88. The molecule has 4 rings (SSSR count). The molecule has 3 aromatic rings. The molecule has 152 valence electrons. The van der Waals surface area contributed by atoms with Crippen molar-refractivity contribution in [2.45, 2.75) is 31.8 Å². The number of amides is 1. The van der Waals surface area contributed by atoms with E-state index in [2.05, 4.69) is 21.7 Å². The zero-order valence-corrected chi connectivity index (χ0v) is 16.4. The maximum absolute atomic E-state index is 12.5. The molecule has 1 unspecified atom stereocenters. The van der Waals surface area contributed by atoms with Gasteiger partial charge in [0.2, 0.25) is 0 Å². The monoisotopic (exact) mass is 395 g/mol. The van der Waals surface area contributed by atoms with Crippen molar-refractivity contribution >= 4 is 16.8 Å². The summed E-state index contributed by atoms with van der Waals surface area (Å²) in [6.07, 6.45) is 3.82. The van der Waals surface area contributed by atoms with Gasteiger partial charge >= 0.3 is 5.63 Å². The Balaban J connectivity index is 1.45. The number of benzene rings is 1. The summed E-state index contributed by atoms with van der Waals surface area (Å²) in [5.41, 5.74) is 1.18. The van der Waals surface area contributed by atoms with Crippen LogP contribution in [0.1, 0.15) is 33.7 Å². The number of nitrogens with one attached hydrogen (secondary N) is 3. The summed E-state index contributed by atoms with van der Waals surface area (Å²) >= 11 is 0. The highest BCUT2D eigenvalue weighted by molar-refractivity contribution is 5.95. The minimum Gasteiger partial charge on any atom is -0.427 e. The summed E-state index contributed by atoms with van der Waals surface area (Å²) < 4.78 is 5.42. The highest BCUT2D eigenvalue weighted by atomic mass is 16.4. The Morgan fingerprint density at radius 1 is 1.31 bits per heavy atom. The molecule has 1 aliphatic heterocycles. The molecular weight excluding hydrogens is 370 g/mol. The lowest BCUT2D eigenvalue weighted by Gasteiger charge is -2.21. The third-order valence-electron chi connectivity index (χ3n) is 5.54. The van der Waals surface area contributed by atoms with E-state index in [4.69, 9.17) is 4.42 Å². The molecule has 0 aliphatic carbocycles. The van der Waals surface area contributed by atoms with Crippen molar-refractivity contribution in [1.29, 1.82) is 0 Å². The van der Waals surface area contributed by atoms with Crippen molar-refractivity contribution in [1.82, 2.24) is 15.6 Å². The van der Waals surface area contributed by atoms with Crippen LogP contribution < -0.4 is 16.3 Å². The lowest BCUT2D eigenvalue weighted by Crippen LogP contribution is -2.45. The fourth-order valence-electron chi connectivity index (χ4n) is 3.88. The lowest BCUT2D eigenvalue weighted by molar-refractivity contribution is 0.0560. The number of β-amino-alcohol motifs (C(OH)–C–C–N with tert-alkyl or cyclic N) is 1. The van der Waals surface area contributed by atoms with E-state index in [0.717, 1.165) is 22.9 Å². The Hall–Kier alpha value is -2.90. The number of hydrogen-bond acceptors (Lipinski definition) is 5. The largest absolute Gasteiger partial charge is 0.427 e. The number of rotatable bonds is 6. The summed E-state index contributed by atoms with van der Waals surface area (Å²) in [5, 5.41) is 17.2. The van der Waals surface area contributed by atoms with Crippen LogP contribution in [0.15, 0.2) is 45.7 Å². The average molecular weight is 395 g/mol. The third kappa shape index (κ3) is 4.11. The van der Waals surface area contributed by atoms with Crippen LogP contribution in [0.2, 0.25) is 0 Å². The minimum absolute atomic E-state index is 0.00426. The molecule has 1 fully saturated rings. The van der Waals surface area contributed by atoms with E-state index in [1.54, 1.807) is 13.0 Å². The molecule has 1 amide bonds. The molecule has 0 bridgehead atoms. The van der Waals surface area contributed by atoms with Crippen molar-refractivity contribution in [2.75, 3.05) is 19.6 Å². The van der Waals surface area contributed by atoms with E-state index in [0.29, 0.717) is 37.3 Å². The minimum atomic E-state index is -0.969. The number of aryl methyl sites for hydroxylation is 3. The first-order valence-electron chi connectivity index (χ1n) is 9.85. The van der Waals surface area contributed by atoms with E-state index < -0.39 is 17.1 Å². The standard InChI is InChI=1S/C22H25N3O4/c1-14-10-16(7-6-15-11-24-18-5-3-2-4-17(15)18)29-21(27)19(14)20(26)25-13-22(28)8-9-23-12-22/h2-5,10-11,23-24,28H,6-9,12-13H2,1H3,(H,25,26). The van der Waals surface area contributed by atoms with Gasteiger partial charge in [0.25, 0.3) is 5.91 Å². The van der Waals surface area contributed by atoms with Gasteiger partial charge in [-0.05, 0) is 49.6 Å². The highest BCUT2D eigenvalue weighted by Crippen LogP contribution is 2.20. The van der Waals surface area contributed by atoms with Crippen molar-refractivity contribution in [3.05, 3.63) is 69.4 Å². The molecule has 0 radical (unpaired) electrons. The fraction of sp³-hybridized carbons (Fsp3) is 0.364. The number of hydrogen-bond donors (Lipinski definition) is 4. The molecule has 7 heteroatoms. The average Bonchev–Trinajstić information content (AvgIpc) is 3.31. The van der Waals surface area contributed by atoms with E-state index >= 15 is 0 Å². The molecule has 7 nitrogen and oxygen atoms in total. The number of carbonyl (C=O) groups is 1. The van der Waals surface area contributed by atoms with Crippen molar-refractivity contribution in [3.8, 4) is 0 Å². The second-order valence-electron chi connectivity index (χ2n) is 7.75. The van der Waals surface area contributed by atoms with Gasteiger partial charge in [-0.1, -0.05) is 18.2 Å². The molecule has 3 heterocycles. The van der Waals surface area contributed by atoms with Gasteiger partial charge in [0, 0.05) is 36.6 Å². The Kier molecular flexibility index (Phi) is 5.25. The Morgan fingerprint density at radius 3 is 2.90 bits per heavy atom. The van der Waals surface area contributed by atoms with Crippen LogP contribution in [0.3, 0.4) is 0 Å². The summed E-state index contributed by atoms with van der Waals surface area (Å²) in [7, 11) is 0. The van der Waals surface area contributed by atoms with Gasteiger partial charge in [0.15, 0.2) is 0 Å². The van der Waals surface area contributed by atoms with Gasteiger partial charge < -0.3 is 25.1 Å². The van der Waals surface area contributed by atoms with Crippen LogP contribution in [0.25, 0.3) is 10.9 Å². The van der Waals surface area contributed by atoms with Crippen LogP contribution in [0.5, 0.6) is 0 Å². The Bertz CT molecular complexity index is 1090. The van der Waals surface area contributed by atoms with Gasteiger partial charge in [-0.2, -0.15) is 0 Å². The number of aliphatic hydroxyl groups is 1. The smallest absolute Gasteiger partial charge is 0.349 e. The lowest BCUT2D eigenvalue weighted by atomic mass is 10.0. The molecular formula is C22H25N3O4. The predicted octanol–water partition coefficient (Wildman–Crippen LogP) is 1.67. The quantitative estimate of drug-likeness (QED) is 0.508. The molecule has 4 N–H and O–H groups in total. The molecule has 2 aromatic heterocycles. The second kappa shape index (κ2) is 7.85. The number of aromatic amines is 1. The summed E-state index contributed by atoms with van der Waals surface area (Å²) in [5.74, 6) is 0.0349. The van der Waals surface area contributed by atoms with Crippen LogP contribution in [0, 0.1) is 6.92 Å². The van der Waals surface area contributed by atoms with Crippen molar-refractivity contribution < 1.29 is 14.3 Å². The van der Waals surface area contributed by atoms with E-state index in [1.807, 2.05) is 24.4 Å². The number of aromatic nitrogens is 1. The SMILES string of the molecule is Cc1cc(CCc2c[nH]c3ccccc23)oc(=O)c1C(=O)NCC1(O)CCNC1. The van der Waals surface area contributed by atoms with E-state index in [9.17, 15) is 14.7 Å². The van der Waals surface area contributed by atoms with Crippen LogP contribution in [-0.2, 0) is 12.8 Å². The maximum Gasteiger partial charge on any atom is 0.349 e. The Morgan fingerprint density at radius 2 is 2.14 bits per heavy atom. The summed E-state index contributed by atoms with van der Waals surface area (Å²) in [6.45, 7) is 2.96. The number of H-pyrrole nitrogens is 1. The second-order valence-corrected chi connectivity index (χ2v) is 7.75. The highest BCUT2D eigenvalue weighted by Gasteiger charge is 2.32. The van der Waals surface area contributed by atoms with Gasteiger partial charge in [0.1, 0.15) is 11.3 Å². The molecule has 1 atom stereocenters. The molecule has 0 spiro atoms. The molecule has 1 saturated heterocycles. The van der Waals surface area contributed by atoms with Gasteiger partial charge in [-0.25, -0.2) is 4.79 Å². The van der Waals surface area contributed by atoms with Crippen molar-refractivity contribution in [2.24, 2.45) is 0 Å². The van der Waals surface area contributed by atoms with Crippen LogP contribution >= 0.6 is 0 Å². The van der Waals surface area contributed by atoms with E-state index in [-0.39, 0.29) is 12.1 Å². The summed E-state index contributed by atoms with van der Waals surface area (Å²) in [4.78, 5) is 28.2.